The van der Waals surface area contributed by atoms with Gasteiger partial charge in [-0.25, -0.2) is 4.68 Å². The highest BCUT2D eigenvalue weighted by Gasteiger charge is 2.23. The highest BCUT2D eigenvalue weighted by atomic mass is 16.5. The Morgan fingerprint density at radius 2 is 2.17 bits per heavy atom. The first-order valence-corrected chi connectivity index (χ1v) is 6.00. The van der Waals surface area contributed by atoms with Crippen LogP contribution in [0.15, 0.2) is 30.5 Å². The number of anilines is 2. The molecule has 1 aliphatic rings. The molecule has 2 heterocycles. The predicted octanol–water partition coefficient (Wildman–Crippen LogP) is 1.88. The third-order valence-corrected chi connectivity index (χ3v) is 3.33. The summed E-state index contributed by atoms with van der Waals surface area (Å²) in [5, 5.41) is 7.64. The van der Waals surface area contributed by atoms with Gasteiger partial charge in [-0.2, -0.15) is 5.10 Å². The molecule has 1 aromatic heterocycles. The first-order valence-electron chi connectivity index (χ1n) is 6.00. The van der Waals surface area contributed by atoms with Crippen LogP contribution in [0.2, 0.25) is 0 Å². The van der Waals surface area contributed by atoms with Crippen molar-refractivity contribution in [2.45, 2.75) is 12.5 Å². The molecule has 5 heteroatoms. The Morgan fingerprint density at radius 1 is 1.39 bits per heavy atom. The minimum atomic E-state index is 0.240. The number of nitrogens with two attached hydrogens (primary N) is 1. The fourth-order valence-electron chi connectivity index (χ4n) is 2.38. The molecule has 0 saturated heterocycles. The summed E-state index contributed by atoms with van der Waals surface area (Å²) in [5.74, 6) is 1.79. The van der Waals surface area contributed by atoms with E-state index in [0.717, 1.165) is 24.5 Å². The van der Waals surface area contributed by atoms with Gasteiger partial charge < -0.3 is 15.8 Å². The molecule has 0 spiro atoms. The third-order valence-electron chi connectivity index (χ3n) is 3.33. The molecule has 0 fully saturated rings. The molecule has 0 bridgehead atoms. The monoisotopic (exact) mass is 244 g/mol. The summed E-state index contributed by atoms with van der Waals surface area (Å²) in [6.07, 6.45) is 2.70. The SMILES string of the molecule is COc1ccc(C2CCNc3c(N)cnn32)cc1. The van der Waals surface area contributed by atoms with Crippen LogP contribution in [0.1, 0.15) is 18.0 Å². The van der Waals surface area contributed by atoms with Crippen LogP contribution in [0.5, 0.6) is 5.75 Å². The first kappa shape index (κ1) is 11.0. The van der Waals surface area contributed by atoms with Crippen molar-refractivity contribution in [3.05, 3.63) is 36.0 Å². The van der Waals surface area contributed by atoms with E-state index in [1.807, 2.05) is 16.8 Å². The average Bonchev–Trinajstić information content (AvgIpc) is 2.81. The largest absolute Gasteiger partial charge is 0.497 e. The number of methoxy groups -OCH3 is 1. The Labute approximate surface area is 106 Å². The molecule has 94 valence electrons. The summed E-state index contributed by atoms with van der Waals surface area (Å²) in [6, 6.07) is 8.35. The lowest BCUT2D eigenvalue weighted by molar-refractivity contribution is 0.414. The number of benzene rings is 1. The van der Waals surface area contributed by atoms with Gasteiger partial charge in [0.25, 0.3) is 0 Å². The highest BCUT2D eigenvalue weighted by molar-refractivity contribution is 5.62. The summed E-state index contributed by atoms with van der Waals surface area (Å²) in [4.78, 5) is 0. The molecule has 0 radical (unpaired) electrons. The Hall–Kier alpha value is -2.17. The maximum atomic E-state index is 5.88. The molecule has 3 rings (SSSR count). The topological polar surface area (TPSA) is 65.1 Å². The second kappa shape index (κ2) is 4.25. The molecule has 1 atom stereocenters. The second-order valence-electron chi connectivity index (χ2n) is 4.40. The number of rotatable bonds is 2. The maximum absolute atomic E-state index is 5.88. The molecule has 1 unspecified atom stereocenters. The molecule has 18 heavy (non-hydrogen) atoms. The lowest BCUT2D eigenvalue weighted by atomic mass is 10.0. The number of aromatic nitrogens is 2. The van der Waals surface area contributed by atoms with Gasteiger partial charge in [0.05, 0.1) is 25.0 Å². The van der Waals surface area contributed by atoms with Crippen molar-refractivity contribution in [2.75, 3.05) is 24.7 Å². The zero-order valence-corrected chi connectivity index (χ0v) is 10.3. The van der Waals surface area contributed by atoms with Gasteiger partial charge in [0.1, 0.15) is 11.6 Å². The second-order valence-corrected chi connectivity index (χ2v) is 4.40. The van der Waals surface area contributed by atoms with Crippen LogP contribution in [0.3, 0.4) is 0 Å². The van der Waals surface area contributed by atoms with E-state index >= 15 is 0 Å². The highest BCUT2D eigenvalue weighted by Crippen LogP contribution is 2.32. The summed E-state index contributed by atoms with van der Waals surface area (Å²) in [6.45, 7) is 0.909. The van der Waals surface area contributed by atoms with Crippen LogP contribution in [-0.2, 0) is 0 Å². The van der Waals surface area contributed by atoms with Gasteiger partial charge in [-0.15, -0.1) is 0 Å². The van der Waals surface area contributed by atoms with E-state index in [4.69, 9.17) is 10.5 Å². The predicted molar refractivity (Wildman–Crippen MR) is 70.9 cm³/mol. The standard InChI is InChI=1S/C13H16N4O/c1-18-10-4-2-9(3-5-10)12-6-7-15-13-11(14)8-16-17(12)13/h2-5,8,12,15H,6-7,14H2,1H3. The molecule has 1 aromatic carbocycles. The smallest absolute Gasteiger partial charge is 0.148 e. The number of nitrogen functional groups attached to an aromatic ring is 1. The van der Waals surface area contributed by atoms with Gasteiger partial charge >= 0.3 is 0 Å². The molecular formula is C13H16N4O. The van der Waals surface area contributed by atoms with Crippen LogP contribution in [-0.4, -0.2) is 23.4 Å². The van der Waals surface area contributed by atoms with Crippen molar-refractivity contribution in [3.8, 4) is 5.75 Å². The lowest BCUT2D eigenvalue weighted by Gasteiger charge is -2.26. The molecule has 0 amide bonds. The Bertz CT molecular complexity index is 547. The molecule has 3 N–H and O–H groups in total. The third kappa shape index (κ3) is 1.68. The van der Waals surface area contributed by atoms with Crippen molar-refractivity contribution < 1.29 is 4.74 Å². The fourth-order valence-corrected chi connectivity index (χ4v) is 2.38. The minimum Gasteiger partial charge on any atom is -0.497 e. The van der Waals surface area contributed by atoms with Gasteiger partial charge in [0, 0.05) is 6.54 Å². The van der Waals surface area contributed by atoms with Crippen molar-refractivity contribution >= 4 is 11.5 Å². The molecule has 2 aromatic rings. The summed E-state index contributed by atoms with van der Waals surface area (Å²) in [5.41, 5.74) is 7.81. The number of ether oxygens (including phenoxy) is 1. The number of hydrogen-bond acceptors (Lipinski definition) is 4. The van der Waals surface area contributed by atoms with Crippen molar-refractivity contribution in [1.29, 1.82) is 0 Å². The molecular weight excluding hydrogens is 228 g/mol. The van der Waals surface area contributed by atoms with Gasteiger partial charge in [0.15, 0.2) is 0 Å². The molecule has 5 nitrogen and oxygen atoms in total. The van der Waals surface area contributed by atoms with E-state index in [-0.39, 0.29) is 6.04 Å². The maximum Gasteiger partial charge on any atom is 0.148 e. The van der Waals surface area contributed by atoms with Gasteiger partial charge in [-0.1, -0.05) is 12.1 Å². The zero-order chi connectivity index (χ0) is 12.5. The van der Waals surface area contributed by atoms with Crippen LogP contribution < -0.4 is 15.8 Å². The summed E-state index contributed by atoms with van der Waals surface area (Å²) < 4.78 is 7.13. The van der Waals surface area contributed by atoms with E-state index in [1.165, 1.54) is 5.56 Å². The lowest BCUT2D eigenvalue weighted by Crippen LogP contribution is -2.24. The Kier molecular flexibility index (Phi) is 2.59. The van der Waals surface area contributed by atoms with E-state index in [9.17, 15) is 0 Å². The number of nitrogens with zero attached hydrogens (tertiary/aromatic N) is 2. The van der Waals surface area contributed by atoms with Gasteiger partial charge in [-0.05, 0) is 24.1 Å². The summed E-state index contributed by atoms with van der Waals surface area (Å²) >= 11 is 0. The molecule has 0 saturated carbocycles. The van der Waals surface area contributed by atoms with Crippen molar-refractivity contribution in [3.63, 3.8) is 0 Å². The minimum absolute atomic E-state index is 0.240. The zero-order valence-electron chi connectivity index (χ0n) is 10.3. The Morgan fingerprint density at radius 3 is 2.89 bits per heavy atom. The van der Waals surface area contributed by atoms with E-state index in [2.05, 4.69) is 22.5 Å². The van der Waals surface area contributed by atoms with Crippen molar-refractivity contribution in [2.24, 2.45) is 0 Å². The number of hydrogen-bond donors (Lipinski definition) is 2. The van der Waals surface area contributed by atoms with Crippen LogP contribution in [0, 0.1) is 0 Å². The van der Waals surface area contributed by atoms with Crippen molar-refractivity contribution in [1.82, 2.24) is 9.78 Å². The molecule has 0 aliphatic carbocycles. The summed E-state index contributed by atoms with van der Waals surface area (Å²) in [7, 11) is 1.67. The van der Waals surface area contributed by atoms with Gasteiger partial charge in [0.2, 0.25) is 0 Å². The van der Waals surface area contributed by atoms with Gasteiger partial charge in [-0.3, -0.25) is 0 Å². The number of nitrogens with one attached hydrogen (secondary N) is 1. The van der Waals surface area contributed by atoms with Crippen LogP contribution in [0.4, 0.5) is 11.5 Å². The van der Waals surface area contributed by atoms with Crippen LogP contribution >= 0.6 is 0 Å². The average molecular weight is 244 g/mol. The fraction of sp³-hybridized carbons (Fsp3) is 0.308. The number of fused-ring (bicyclic) bond motifs is 1. The van der Waals surface area contributed by atoms with E-state index < -0.39 is 0 Å². The van der Waals surface area contributed by atoms with Crippen LogP contribution in [0.25, 0.3) is 0 Å². The normalized spacial score (nSPS) is 17.9. The van der Waals surface area contributed by atoms with E-state index in [1.54, 1.807) is 13.3 Å². The quantitative estimate of drug-likeness (QED) is 0.846. The first-order chi connectivity index (χ1) is 8.79. The Balaban J connectivity index is 1.97. The van der Waals surface area contributed by atoms with E-state index in [0.29, 0.717) is 5.69 Å². The molecule has 1 aliphatic heterocycles.